The molecular weight excluding hydrogens is 301 g/mol. The monoisotopic (exact) mass is 311 g/mol. The van der Waals surface area contributed by atoms with Crippen molar-refractivity contribution >= 4 is 28.9 Å². The molecule has 104 valence electrons. The molecule has 0 aliphatic heterocycles. The average molecular weight is 312 g/mol. The van der Waals surface area contributed by atoms with Gasteiger partial charge in [0.15, 0.2) is 0 Å². The number of ether oxygens (including phenoxy) is 1. The first-order chi connectivity index (χ1) is 9.52. The van der Waals surface area contributed by atoms with Crippen molar-refractivity contribution in [1.82, 2.24) is 0 Å². The van der Waals surface area contributed by atoms with Crippen LogP contribution >= 0.6 is 23.2 Å². The lowest BCUT2D eigenvalue weighted by molar-refractivity contribution is -0.385. The van der Waals surface area contributed by atoms with Gasteiger partial charge >= 0.3 is 5.69 Å². The third kappa shape index (κ3) is 3.03. The quantitative estimate of drug-likeness (QED) is 0.449. The zero-order chi connectivity index (χ0) is 14.7. The lowest BCUT2D eigenvalue weighted by Crippen LogP contribution is -1.96. The zero-order valence-electron chi connectivity index (χ0n) is 10.6. The number of nitrogens with zero attached hydrogens (tertiary/aromatic N) is 1. The third-order valence-electron chi connectivity index (χ3n) is 2.76. The van der Waals surface area contributed by atoms with Crippen LogP contribution in [0, 0.1) is 17.0 Å². The van der Waals surface area contributed by atoms with Gasteiger partial charge in [0.25, 0.3) is 0 Å². The SMILES string of the molecule is Cc1ccc(CCl)cc1Oc1c(Cl)cccc1[N+](=O)[O-]. The van der Waals surface area contributed by atoms with Gasteiger partial charge in [-0.3, -0.25) is 10.1 Å². The van der Waals surface area contributed by atoms with Crippen molar-refractivity contribution in [2.24, 2.45) is 0 Å². The molecule has 0 spiro atoms. The van der Waals surface area contributed by atoms with Gasteiger partial charge in [-0.1, -0.05) is 29.8 Å². The molecule has 0 radical (unpaired) electrons. The number of aryl methyl sites for hydroxylation is 1. The first kappa shape index (κ1) is 14.6. The van der Waals surface area contributed by atoms with Crippen LogP contribution in [0.2, 0.25) is 5.02 Å². The lowest BCUT2D eigenvalue weighted by Gasteiger charge is -2.11. The highest BCUT2D eigenvalue weighted by Crippen LogP contribution is 2.38. The molecule has 0 aromatic heterocycles. The molecular formula is C14H11Cl2NO3. The fourth-order valence-electron chi connectivity index (χ4n) is 1.69. The number of alkyl halides is 1. The largest absolute Gasteiger partial charge is 0.448 e. The molecule has 0 saturated carbocycles. The fraction of sp³-hybridized carbons (Fsp3) is 0.143. The van der Waals surface area contributed by atoms with E-state index in [1.165, 1.54) is 12.1 Å². The van der Waals surface area contributed by atoms with E-state index in [9.17, 15) is 10.1 Å². The molecule has 0 aliphatic carbocycles. The summed E-state index contributed by atoms with van der Waals surface area (Å²) in [5.41, 5.74) is 1.53. The summed E-state index contributed by atoms with van der Waals surface area (Å²) < 4.78 is 5.64. The van der Waals surface area contributed by atoms with Crippen LogP contribution in [-0.4, -0.2) is 4.92 Å². The van der Waals surface area contributed by atoms with E-state index < -0.39 is 4.92 Å². The van der Waals surface area contributed by atoms with Crippen LogP contribution < -0.4 is 4.74 Å². The molecule has 0 bridgehead atoms. The molecule has 0 heterocycles. The number of halogens is 2. The Morgan fingerprint density at radius 2 is 2.05 bits per heavy atom. The van der Waals surface area contributed by atoms with E-state index in [0.29, 0.717) is 11.6 Å². The second kappa shape index (κ2) is 6.11. The van der Waals surface area contributed by atoms with Crippen LogP contribution in [0.15, 0.2) is 36.4 Å². The van der Waals surface area contributed by atoms with Gasteiger partial charge in [0.1, 0.15) is 5.75 Å². The molecule has 2 rings (SSSR count). The van der Waals surface area contributed by atoms with Gasteiger partial charge in [0.05, 0.1) is 9.95 Å². The molecule has 2 aromatic carbocycles. The number of hydrogen-bond acceptors (Lipinski definition) is 3. The Hall–Kier alpha value is -1.78. The number of hydrogen-bond donors (Lipinski definition) is 0. The van der Waals surface area contributed by atoms with Gasteiger partial charge in [-0.05, 0) is 30.2 Å². The summed E-state index contributed by atoms with van der Waals surface area (Å²) in [4.78, 5) is 10.5. The van der Waals surface area contributed by atoms with Gasteiger partial charge in [0, 0.05) is 11.9 Å². The van der Waals surface area contributed by atoms with Crippen LogP contribution in [-0.2, 0) is 5.88 Å². The average Bonchev–Trinajstić information content (AvgIpc) is 2.43. The Balaban J connectivity index is 2.47. The van der Waals surface area contributed by atoms with Crippen molar-refractivity contribution in [2.45, 2.75) is 12.8 Å². The normalized spacial score (nSPS) is 10.3. The Morgan fingerprint density at radius 3 is 2.70 bits per heavy atom. The van der Waals surface area contributed by atoms with E-state index >= 15 is 0 Å². The van der Waals surface area contributed by atoms with Crippen LogP contribution in [0.25, 0.3) is 0 Å². The summed E-state index contributed by atoms with van der Waals surface area (Å²) in [7, 11) is 0. The summed E-state index contributed by atoms with van der Waals surface area (Å²) in [6.45, 7) is 1.84. The maximum absolute atomic E-state index is 11.0. The fourth-order valence-corrected chi connectivity index (χ4v) is 2.06. The van der Waals surface area contributed by atoms with E-state index in [-0.39, 0.29) is 16.5 Å². The summed E-state index contributed by atoms with van der Waals surface area (Å²) in [6.07, 6.45) is 0. The van der Waals surface area contributed by atoms with E-state index in [2.05, 4.69) is 0 Å². The molecule has 2 aromatic rings. The van der Waals surface area contributed by atoms with Crippen LogP contribution in [0.4, 0.5) is 5.69 Å². The van der Waals surface area contributed by atoms with Crippen molar-refractivity contribution in [3.63, 3.8) is 0 Å². The summed E-state index contributed by atoms with van der Waals surface area (Å²) in [5.74, 6) is 0.870. The predicted molar refractivity (Wildman–Crippen MR) is 78.9 cm³/mol. The highest BCUT2D eigenvalue weighted by Gasteiger charge is 2.19. The number of nitro benzene ring substituents is 1. The molecule has 0 amide bonds. The number of benzene rings is 2. The Morgan fingerprint density at radius 1 is 1.30 bits per heavy atom. The van der Waals surface area contributed by atoms with Crippen molar-refractivity contribution in [3.8, 4) is 11.5 Å². The Bertz CT molecular complexity index is 659. The van der Waals surface area contributed by atoms with Crippen LogP contribution in [0.1, 0.15) is 11.1 Å². The first-order valence-electron chi connectivity index (χ1n) is 5.79. The summed E-state index contributed by atoms with van der Waals surface area (Å²) in [6, 6.07) is 9.86. The van der Waals surface area contributed by atoms with E-state index in [1.54, 1.807) is 12.1 Å². The van der Waals surface area contributed by atoms with Gasteiger partial charge in [0.2, 0.25) is 5.75 Å². The number of para-hydroxylation sites is 1. The van der Waals surface area contributed by atoms with Crippen molar-refractivity contribution in [1.29, 1.82) is 0 Å². The minimum atomic E-state index is -0.526. The minimum absolute atomic E-state index is 0.0361. The zero-order valence-corrected chi connectivity index (χ0v) is 12.1. The van der Waals surface area contributed by atoms with E-state index in [4.69, 9.17) is 27.9 Å². The Kier molecular flexibility index (Phi) is 4.47. The van der Waals surface area contributed by atoms with Gasteiger partial charge in [-0.2, -0.15) is 0 Å². The molecule has 0 atom stereocenters. The topological polar surface area (TPSA) is 52.4 Å². The molecule has 0 unspecified atom stereocenters. The predicted octanol–water partition coefficient (Wildman–Crippen LogP) is 5.09. The van der Waals surface area contributed by atoms with Crippen molar-refractivity contribution in [2.75, 3.05) is 0 Å². The van der Waals surface area contributed by atoms with Crippen molar-refractivity contribution < 1.29 is 9.66 Å². The van der Waals surface area contributed by atoms with E-state index in [0.717, 1.165) is 11.1 Å². The molecule has 0 saturated heterocycles. The second-order valence-electron chi connectivity index (χ2n) is 4.18. The molecule has 6 heteroatoms. The summed E-state index contributed by atoms with van der Waals surface area (Å²) in [5, 5.41) is 11.2. The minimum Gasteiger partial charge on any atom is -0.448 e. The van der Waals surface area contributed by atoms with Gasteiger partial charge < -0.3 is 4.74 Å². The smallest absolute Gasteiger partial charge is 0.313 e. The first-order valence-corrected chi connectivity index (χ1v) is 6.70. The van der Waals surface area contributed by atoms with Crippen LogP contribution in [0.5, 0.6) is 11.5 Å². The number of rotatable bonds is 4. The van der Waals surface area contributed by atoms with Gasteiger partial charge in [-0.25, -0.2) is 0 Å². The molecule has 4 nitrogen and oxygen atoms in total. The maximum atomic E-state index is 11.0. The van der Waals surface area contributed by atoms with Gasteiger partial charge in [-0.15, -0.1) is 11.6 Å². The molecule has 0 fully saturated rings. The molecule has 0 N–H and O–H groups in total. The van der Waals surface area contributed by atoms with Crippen LogP contribution in [0.3, 0.4) is 0 Å². The van der Waals surface area contributed by atoms with Crippen molar-refractivity contribution in [3.05, 3.63) is 62.7 Å². The standard InChI is InChI=1S/C14H11Cl2NO3/c1-9-5-6-10(8-15)7-13(9)20-14-11(16)3-2-4-12(14)17(18)19/h2-7H,8H2,1H3. The maximum Gasteiger partial charge on any atom is 0.313 e. The Labute approximate surface area is 126 Å². The highest BCUT2D eigenvalue weighted by atomic mass is 35.5. The molecule has 0 aliphatic rings. The molecule has 20 heavy (non-hydrogen) atoms. The van der Waals surface area contributed by atoms with E-state index in [1.807, 2.05) is 19.1 Å². The number of nitro groups is 1. The highest BCUT2D eigenvalue weighted by molar-refractivity contribution is 6.32. The second-order valence-corrected chi connectivity index (χ2v) is 4.86. The lowest BCUT2D eigenvalue weighted by atomic mass is 10.1. The summed E-state index contributed by atoms with van der Waals surface area (Å²) >= 11 is 11.8. The third-order valence-corrected chi connectivity index (χ3v) is 3.37.